The Hall–Kier alpha value is -1.18. The van der Waals surface area contributed by atoms with Gasteiger partial charge in [-0.15, -0.1) is 6.58 Å². The van der Waals surface area contributed by atoms with Gasteiger partial charge in [0.1, 0.15) is 5.82 Å². The lowest BCUT2D eigenvalue weighted by atomic mass is 9.90. The summed E-state index contributed by atoms with van der Waals surface area (Å²) in [5, 5.41) is 0. The molecule has 1 aromatic rings. The Morgan fingerprint density at radius 2 is 2.00 bits per heavy atom. The molecule has 2 nitrogen and oxygen atoms in total. The van der Waals surface area contributed by atoms with Crippen molar-refractivity contribution in [2.24, 2.45) is 11.8 Å². The molecule has 1 aliphatic rings. The first-order valence-electron chi connectivity index (χ1n) is 5.77. The number of aromatic nitrogens is 2. The fourth-order valence-electron chi connectivity index (χ4n) is 2.58. The van der Waals surface area contributed by atoms with Crippen LogP contribution in [-0.2, 0) is 6.42 Å². The molecule has 2 atom stereocenters. The third-order valence-corrected chi connectivity index (χ3v) is 3.35. The van der Waals surface area contributed by atoms with Crippen molar-refractivity contribution in [1.82, 2.24) is 9.97 Å². The van der Waals surface area contributed by atoms with Crippen LogP contribution < -0.4 is 0 Å². The fourth-order valence-corrected chi connectivity index (χ4v) is 2.58. The average Bonchev–Trinajstić information content (AvgIpc) is 2.68. The molecule has 1 saturated carbocycles. The van der Waals surface area contributed by atoms with E-state index in [1.165, 1.54) is 19.3 Å². The SMILES string of the molecule is C=CC[C@H]1CCC[C@H]1Cc1ncccn1. The number of hydrogen-bond acceptors (Lipinski definition) is 2. The Morgan fingerprint density at radius 1 is 1.27 bits per heavy atom. The van der Waals surface area contributed by atoms with E-state index >= 15 is 0 Å². The normalized spacial score (nSPS) is 25.3. The molecule has 0 N–H and O–H groups in total. The summed E-state index contributed by atoms with van der Waals surface area (Å²) < 4.78 is 0. The van der Waals surface area contributed by atoms with E-state index in [1.54, 1.807) is 0 Å². The molecular weight excluding hydrogens is 184 g/mol. The summed E-state index contributed by atoms with van der Waals surface area (Å²) in [7, 11) is 0. The summed E-state index contributed by atoms with van der Waals surface area (Å²) in [5.74, 6) is 2.58. The van der Waals surface area contributed by atoms with E-state index in [1.807, 2.05) is 18.5 Å². The van der Waals surface area contributed by atoms with Crippen molar-refractivity contribution in [2.45, 2.75) is 32.1 Å². The molecule has 2 rings (SSSR count). The predicted molar refractivity (Wildman–Crippen MR) is 61.4 cm³/mol. The van der Waals surface area contributed by atoms with E-state index in [0.717, 1.165) is 30.5 Å². The van der Waals surface area contributed by atoms with Gasteiger partial charge in [0.2, 0.25) is 0 Å². The van der Waals surface area contributed by atoms with Crippen molar-refractivity contribution in [3.05, 3.63) is 36.9 Å². The third-order valence-electron chi connectivity index (χ3n) is 3.35. The topological polar surface area (TPSA) is 25.8 Å². The summed E-state index contributed by atoms with van der Waals surface area (Å²) >= 11 is 0. The first kappa shape index (κ1) is 10.3. The van der Waals surface area contributed by atoms with Crippen molar-refractivity contribution in [3.63, 3.8) is 0 Å². The van der Waals surface area contributed by atoms with Crippen molar-refractivity contribution >= 4 is 0 Å². The Balaban J connectivity index is 1.96. The summed E-state index contributed by atoms with van der Waals surface area (Å²) in [6.45, 7) is 3.83. The first-order chi connectivity index (χ1) is 7.40. The highest BCUT2D eigenvalue weighted by atomic mass is 14.8. The van der Waals surface area contributed by atoms with Gasteiger partial charge in [0, 0.05) is 18.8 Å². The number of nitrogens with zero attached hydrogens (tertiary/aromatic N) is 2. The lowest BCUT2D eigenvalue weighted by molar-refractivity contribution is 0.382. The third kappa shape index (κ3) is 2.65. The van der Waals surface area contributed by atoms with Crippen LogP contribution in [-0.4, -0.2) is 9.97 Å². The maximum atomic E-state index is 4.30. The van der Waals surface area contributed by atoms with Crippen LogP contribution in [0.25, 0.3) is 0 Å². The Morgan fingerprint density at radius 3 is 2.73 bits per heavy atom. The molecule has 1 aliphatic carbocycles. The highest BCUT2D eigenvalue weighted by Crippen LogP contribution is 2.35. The molecule has 0 aromatic carbocycles. The van der Waals surface area contributed by atoms with Crippen LogP contribution in [0.15, 0.2) is 31.1 Å². The van der Waals surface area contributed by atoms with E-state index < -0.39 is 0 Å². The van der Waals surface area contributed by atoms with E-state index in [0.29, 0.717) is 0 Å². The minimum absolute atomic E-state index is 0.769. The van der Waals surface area contributed by atoms with E-state index in [4.69, 9.17) is 0 Å². The molecule has 0 bridgehead atoms. The van der Waals surface area contributed by atoms with Crippen molar-refractivity contribution in [1.29, 1.82) is 0 Å². The molecule has 1 fully saturated rings. The summed E-state index contributed by atoms with van der Waals surface area (Å²) in [6.07, 6.45) is 11.9. The standard InChI is InChI=1S/C13H18N2/c1-2-5-11-6-3-7-12(11)10-13-14-8-4-9-15-13/h2,4,8-9,11-12H,1,3,5-7,10H2/t11-,12-/m0/s1. The summed E-state index contributed by atoms with van der Waals surface area (Å²) in [5.41, 5.74) is 0. The van der Waals surface area contributed by atoms with Gasteiger partial charge < -0.3 is 0 Å². The second-order valence-corrected chi connectivity index (χ2v) is 4.34. The van der Waals surface area contributed by atoms with Crippen LogP contribution >= 0.6 is 0 Å². The number of rotatable bonds is 4. The second-order valence-electron chi connectivity index (χ2n) is 4.34. The van der Waals surface area contributed by atoms with E-state index in [9.17, 15) is 0 Å². The van der Waals surface area contributed by atoms with Gasteiger partial charge in [-0.25, -0.2) is 9.97 Å². The second kappa shape index (κ2) is 5.06. The van der Waals surface area contributed by atoms with Gasteiger partial charge in [0.15, 0.2) is 0 Å². The van der Waals surface area contributed by atoms with Crippen molar-refractivity contribution in [2.75, 3.05) is 0 Å². The zero-order chi connectivity index (χ0) is 10.5. The van der Waals surface area contributed by atoms with Gasteiger partial charge in [0.05, 0.1) is 0 Å². The molecule has 80 valence electrons. The first-order valence-corrected chi connectivity index (χ1v) is 5.77. The van der Waals surface area contributed by atoms with Crippen molar-refractivity contribution in [3.8, 4) is 0 Å². The molecule has 1 aromatic heterocycles. The molecule has 2 heteroatoms. The van der Waals surface area contributed by atoms with Crippen LogP contribution in [0.5, 0.6) is 0 Å². The quantitative estimate of drug-likeness (QED) is 0.701. The highest BCUT2D eigenvalue weighted by molar-refractivity contribution is 4.94. The van der Waals surface area contributed by atoms with E-state index in [2.05, 4.69) is 22.6 Å². The maximum absolute atomic E-state index is 4.30. The van der Waals surface area contributed by atoms with Gasteiger partial charge in [-0.1, -0.05) is 12.5 Å². The molecule has 0 saturated heterocycles. The van der Waals surface area contributed by atoms with Crippen molar-refractivity contribution < 1.29 is 0 Å². The molecule has 0 amide bonds. The van der Waals surface area contributed by atoms with E-state index in [-0.39, 0.29) is 0 Å². The summed E-state index contributed by atoms with van der Waals surface area (Å²) in [4.78, 5) is 8.60. The molecule has 0 spiro atoms. The predicted octanol–water partition coefficient (Wildman–Crippen LogP) is 3.01. The lowest BCUT2D eigenvalue weighted by Gasteiger charge is -2.16. The molecule has 0 unspecified atom stereocenters. The number of allylic oxidation sites excluding steroid dienone is 1. The van der Waals surface area contributed by atoms with Crippen LogP contribution in [0.4, 0.5) is 0 Å². The van der Waals surface area contributed by atoms with Crippen LogP contribution in [0.3, 0.4) is 0 Å². The molecule has 15 heavy (non-hydrogen) atoms. The molecule has 0 radical (unpaired) electrons. The largest absolute Gasteiger partial charge is 0.241 e. The fraction of sp³-hybridized carbons (Fsp3) is 0.538. The van der Waals surface area contributed by atoms with Crippen LogP contribution in [0.2, 0.25) is 0 Å². The van der Waals surface area contributed by atoms with Gasteiger partial charge in [-0.2, -0.15) is 0 Å². The Bertz CT molecular complexity index is 308. The average molecular weight is 202 g/mol. The van der Waals surface area contributed by atoms with Gasteiger partial charge in [-0.05, 0) is 37.2 Å². The van der Waals surface area contributed by atoms with Gasteiger partial charge in [-0.3, -0.25) is 0 Å². The smallest absolute Gasteiger partial charge is 0.128 e. The van der Waals surface area contributed by atoms with Crippen LogP contribution in [0.1, 0.15) is 31.5 Å². The molecular formula is C13H18N2. The monoisotopic (exact) mass is 202 g/mol. The zero-order valence-corrected chi connectivity index (χ0v) is 9.10. The lowest BCUT2D eigenvalue weighted by Crippen LogP contribution is -2.12. The Labute approximate surface area is 91.5 Å². The molecule has 1 heterocycles. The highest BCUT2D eigenvalue weighted by Gasteiger charge is 2.26. The van der Waals surface area contributed by atoms with Crippen LogP contribution in [0, 0.1) is 11.8 Å². The Kier molecular flexibility index (Phi) is 3.49. The number of hydrogen-bond donors (Lipinski definition) is 0. The molecule has 0 aliphatic heterocycles. The minimum atomic E-state index is 0.769. The van der Waals surface area contributed by atoms with Gasteiger partial charge in [0.25, 0.3) is 0 Å². The zero-order valence-electron chi connectivity index (χ0n) is 9.10. The van der Waals surface area contributed by atoms with Gasteiger partial charge >= 0.3 is 0 Å². The maximum Gasteiger partial charge on any atom is 0.128 e. The summed E-state index contributed by atoms with van der Waals surface area (Å²) in [6, 6.07) is 1.87. The minimum Gasteiger partial charge on any atom is -0.241 e.